The Kier molecular flexibility index (Phi) is 5.12. The molecule has 0 aromatic carbocycles. The van der Waals surface area contributed by atoms with Crippen molar-refractivity contribution in [1.82, 2.24) is 4.90 Å². The SMILES string of the molecule is C[C@@H]1CN(CCC(=O)Nc2sccc2C#N)[C@H](C)CO1. The summed E-state index contributed by atoms with van der Waals surface area (Å²) < 4.78 is 5.57. The lowest BCUT2D eigenvalue weighted by molar-refractivity contribution is -0.117. The van der Waals surface area contributed by atoms with Crippen molar-refractivity contribution in [2.45, 2.75) is 32.4 Å². The van der Waals surface area contributed by atoms with Gasteiger partial charge in [-0.05, 0) is 25.3 Å². The molecule has 1 aromatic heterocycles. The van der Waals surface area contributed by atoms with E-state index in [-0.39, 0.29) is 12.0 Å². The summed E-state index contributed by atoms with van der Waals surface area (Å²) in [5, 5.41) is 14.2. The molecule has 2 atom stereocenters. The molecule has 5 nitrogen and oxygen atoms in total. The molecule has 0 radical (unpaired) electrons. The molecule has 1 amide bonds. The molecule has 0 spiro atoms. The number of rotatable bonds is 4. The number of nitrogens with one attached hydrogen (secondary N) is 1. The second-order valence-electron chi connectivity index (χ2n) is 5.06. The minimum absolute atomic E-state index is 0.0460. The average Bonchev–Trinajstić information content (AvgIpc) is 2.87. The van der Waals surface area contributed by atoms with Crippen molar-refractivity contribution in [2.75, 3.05) is 25.0 Å². The molecule has 0 saturated carbocycles. The van der Waals surface area contributed by atoms with Crippen LogP contribution < -0.4 is 5.32 Å². The fourth-order valence-corrected chi connectivity index (χ4v) is 2.97. The average molecular weight is 293 g/mol. The fourth-order valence-electron chi connectivity index (χ4n) is 2.21. The Balaban J connectivity index is 1.82. The summed E-state index contributed by atoms with van der Waals surface area (Å²) in [6, 6.07) is 4.13. The van der Waals surface area contributed by atoms with Gasteiger partial charge < -0.3 is 10.1 Å². The van der Waals surface area contributed by atoms with Crippen molar-refractivity contribution in [1.29, 1.82) is 5.26 Å². The molecule has 2 rings (SSSR count). The molecule has 1 aliphatic heterocycles. The number of morpholine rings is 1. The van der Waals surface area contributed by atoms with Gasteiger partial charge in [-0.3, -0.25) is 9.69 Å². The molecule has 2 heterocycles. The van der Waals surface area contributed by atoms with Crippen LogP contribution in [0.2, 0.25) is 0 Å². The van der Waals surface area contributed by atoms with E-state index in [1.54, 1.807) is 11.4 Å². The van der Waals surface area contributed by atoms with Crippen molar-refractivity contribution >= 4 is 22.2 Å². The maximum atomic E-state index is 11.9. The van der Waals surface area contributed by atoms with Crippen LogP contribution in [-0.2, 0) is 9.53 Å². The highest BCUT2D eigenvalue weighted by molar-refractivity contribution is 7.14. The fraction of sp³-hybridized carbons (Fsp3) is 0.571. The minimum atomic E-state index is -0.0460. The molecule has 0 bridgehead atoms. The van der Waals surface area contributed by atoms with Gasteiger partial charge in [-0.1, -0.05) is 0 Å². The zero-order chi connectivity index (χ0) is 14.5. The van der Waals surface area contributed by atoms with E-state index in [0.717, 1.165) is 6.54 Å². The smallest absolute Gasteiger partial charge is 0.226 e. The molecule has 20 heavy (non-hydrogen) atoms. The van der Waals surface area contributed by atoms with Crippen LogP contribution in [0.3, 0.4) is 0 Å². The number of amides is 1. The number of nitriles is 1. The van der Waals surface area contributed by atoms with Gasteiger partial charge >= 0.3 is 0 Å². The van der Waals surface area contributed by atoms with Crippen molar-refractivity contribution in [3.63, 3.8) is 0 Å². The van der Waals surface area contributed by atoms with Crippen LogP contribution in [0.1, 0.15) is 25.8 Å². The lowest BCUT2D eigenvalue weighted by Gasteiger charge is -2.36. The van der Waals surface area contributed by atoms with Gasteiger partial charge in [0.15, 0.2) is 0 Å². The van der Waals surface area contributed by atoms with Crippen LogP contribution in [0.15, 0.2) is 11.4 Å². The molecule has 1 aliphatic rings. The zero-order valence-corrected chi connectivity index (χ0v) is 12.6. The van der Waals surface area contributed by atoms with Gasteiger partial charge in [-0.25, -0.2) is 0 Å². The molecule has 1 saturated heterocycles. The number of ether oxygens (including phenoxy) is 1. The van der Waals surface area contributed by atoms with Crippen LogP contribution in [0.25, 0.3) is 0 Å². The zero-order valence-electron chi connectivity index (χ0n) is 11.8. The predicted molar refractivity (Wildman–Crippen MR) is 78.7 cm³/mol. The quantitative estimate of drug-likeness (QED) is 0.923. The van der Waals surface area contributed by atoms with Gasteiger partial charge in [-0.2, -0.15) is 5.26 Å². The molecule has 1 fully saturated rings. The lowest BCUT2D eigenvalue weighted by Crippen LogP contribution is -2.48. The Bertz CT molecular complexity index is 509. The van der Waals surface area contributed by atoms with E-state index in [2.05, 4.69) is 23.2 Å². The van der Waals surface area contributed by atoms with Crippen LogP contribution in [0.4, 0.5) is 5.00 Å². The maximum absolute atomic E-state index is 11.9. The molecule has 0 aliphatic carbocycles. The van der Waals surface area contributed by atoms with Crippen LogP contribution >= 0.6 is 11.3 Å². The van der Waals surface area contributed by atoms with Crippen LogP contribution in [-0.4, -0.2) is 42.6 Å². The van der Waals surface area contributed by atoms with E-state index in [0.29, 0.717) is 36.2 Å². The molecular formula is C14H19N3O2S. The second-order valence-corrected chi connectivity index (χ2v) is 5.98. The topological polar surface area (TPSA) is 65.4 Å². The summed E-state index contributed by atoms with van der Waals surface area (Å²) in [6.07, 6.45) is 0.650. The van der Waals surface area contributed by atoms with E-state index < -0.39 is 0 Å². The normalized spacial score (nSPS) is 23.2. The number of carbonyl (C=O) groups excluding carboxylic acids is 1. The molecule has 1 aromatic rings. The highest BCUT2D eigenvalue weighted by Crippen LogP contribution is 2.22. The molecule has 6 heteroatoms. The van der Waals surface area contributed by atoms with Crippen LogP contribution in [0, 0.1) is 11.3 Å². The standard InChI is InChI=1S/C14H19N3O2S/c1-10-9-19-11(2)8-17(10)5-3-13(18)16-14-12(7-15)4-6-20-14/h4,6,10-11H,3,5,8-9H2,1-2H3,(H,16,18)/t10-,11-/m1/s1. The third-order valence-electron chi connectivity index (χ3n) is 3.40. The summed E-state index contributed by atoms with van der Waals surface area (Å²) in [6.45, 7) is 6.44. The summed E-state index contributed by atoms with van der Waals surface area (Å²) in [5.41, 5.74) is 0.525. The number of hydrogen-bond donors (Lipinski definition) is 1. The number of carbonyl (C=O) groups is 1. The van der Waals surface area contributed by atoms with E-state index in [4.69, 9.17) is 10.00 Å². The van der Waals surface area contributed by atoms with Crippen molar-refractivity contribution in [2.24, 2.45) is 0 Å². The first-order valence-electron chi connectivity index (χ1n) is 6.73. The Morgan fingerprint density at radius 2 is 2.45 bits per heavy atom. The number of thiophene rings is 1. The minimum Gasteiger partial charge on any atom is -0.376 e. The summed E-state index contributed by atoms with van der Waals surface area (Å²) in [5.74, 6) is -0.0460. The van der Waals surface area contributed by atoms with Gasteiger partial charge in [0.1, 0.15) is 11.1 Å². The van der Waals surface area contributed by atoms with Gasteiger partial charge in [0.05, 0.1) is 18.3 Å². The Labute approximate surface area is 123 Å². The Morgan fingerprint density at radius 3 is 3.20 bits per heavy atom. The number of anilines is 1. The predicted octanol–water partition coefficient (Wildman–Crippen LogP) is 2.06. The van der Waals surface area contributed by atoms with Crippen molar-refractivity contribution in [3.05, 3.63) is 17.0 Å². The number of hydrogen-bond acceptors (Lipinski definition) is 5. The molecule has 0 unspecified atom stereocenters. The van der Waals surface area contributed by atoms with Crippen molar-refractivity contribution < 1.29 is 9.53 Å². The molecule has 1 N–H and O–H groups in total. The molecule has 108 valence electrons. The van der Waals surface area contributed by atoms with E-state index in [1.807, 2.05) is 6.92 Å². The van der Waals surface area contributed by atoms with Gasteiger partial charge in [0.2, 0.25) is 5.91 Å². The third kappa shape index (κ3) is 3.79. The second kappa shape index (κ2) is 6.84. The van der Waals surface area contributed by atoms with Crippen LogP contribution in [0.5, 0.6) is 0 Å². The van der Waals surface area contributed by atoms with E-state index in [9.17, 15) is 4.79 Å². The van der Waals surface area contributed by atoms with Gasteiger partial charge in [0.25, 0.3) is 0 Å². The maximum Gasteiger partial charge on any atom is 0.226 e. The molecular weight excluding hydrogens is 274 g/mol. The van der Waals surface area contributed by atoms with E-state index in [1.165, 1.54) is 11.3 Å². The monoisotopic (exact) mass is 293 g/mol. The van der Waals surface area contributed by atoms with Gasteiger partial charge in [0, 0.05) is 25.6 Å². The third-order valence-corrected chi connectivity index (χ3v) is 4.23. The number of nitrogens with zero attached hydrogens (tertiary/aromatic N) is 2. The lowest BCUT2D eigenvalue weighted by atomic mass is 10.2. The first-order valence-corrected chi connectivity index (χ1v) is 7.61. The summed E-state index contributed by atoms with van der Waals surface area (Å²) in [4.78, 5) is 14.2. The van der Waals surface area contributed by atoms with Gasteiger partial charge in [-0.15, -0.1) is 11.3 Å². The summed E-state index contributed by atoms with van der Waals surface area (Å²) in [7, 11) is 0. The highest BCUT2D eigenvalue weighted by atomic mass is 32.1. The first-order chi connectivity index (χ1) is 9.60. The largest absolute Gasteiger partial charge is 0.376 e. The Morgan fingerprint density at radius 1 is 1.65 bits per heavy atom. The van der Waals surface area contributed by atoms with E-state index >= 15 is 0 Å². The first kappa shape index (κ1) is 15.0. The van der Waals surface area contributed by atoms with Crippen molar-refractivity contribution in [3.8, 4) is 6.07 Å². The highest BCUT2D eigenvalue weighted by Gasteiger charge is 2.23. The Hall–Kier alpha value is -1.42. The summed E-state index contributed by atoms with van der Waals surface area (Å²) >= 11 is 1.38.